The van der Waals surface area contributed by atoms with Gasteiger partial charge in [-0.25, -0.2) is 17.8 Å². The monoisotopic (exact) mass is 483 g/mol. The van der Waals surface area contributed by atoms with E-state index < -0.39 is 19.9 Å². The number of nitrogens with one attached hydrogen (secondary N) is 1. The molecule has 1 heterocycles. The SMILES string of the molecule is O=C(c1ncc(-c2ccccc2Nc2ccc(F)cc2)s1)S(=O)(=O)c1ccc([N+](=O)[O-])cc1. The van der Waals surface area contributed by atoms with Gasteiger partial charge in [-0.2, -0.15) is 0 Å². The summed E-state index contributed by atoms with van der Waals surface area (Å²) in [7, 11) is -4.43. The first-order valence-electron chi connectivity index (χ1n) is 9.37. The maximum absolute atomic E-state index is 13.2. The van der Waals surface area contributed by atoms with Crippen molar-refractivity contribution in [3.05, 3.63) is 99.9 Å². The number of carbonyl (C=O) groups excluding carboxylic acids is 1. The van der Waals surface area contributed by atoms with Crippen molar-refractivity contribution in [2.24, 2.45) is 0 Å². The summed E-state index contributed by atoms with van der Waals surface area (Å²) in [5.74, 6) is -0.367. The number of nitro benzene ring substituents is 1. The first-order valence-corrected chi connectivity index (χ1v) is 11.7. The highest BCUT2D eigenvalue weighted by atomic mass is 32.2. The van der Waals surface area contributed by atoms with E-state index in [4.69, 9.17) is 0 Å². The molecular weight excluding hydrogens is 469 g/mol. The predicted octanol–water partition coefficient (Wildman–Crippen LogP) is 5.22. The molecule has 4 rings (SSSR count). The fourth-order valence-corrected chi connectivity index (χ4v) is 5.19. The Morgan fingerprint density at radius 3 is 2.33 bits per heavy atom. The number of benzene rings is 3. The average molecular weight is 484 g/mol. The van der Waals surface area contributed by atoms with Crippen molar-refractivity contribution in [2.45, 2.75) is 4.90 Å². The lowest BCUT2D eigenvalue weighted by molar-refractivity contribution is -0.384. The van der Waals surface area contributed by atoms with Crippen molar-refractivity contribution in [3.8, 4) is 10.4 Å². The summed E-state index contributed by atoms with van der Waals surface area (Å²) in [5, 5.41) is 12.5. The second-order valence-corrected chi connectivity index (χ2v) is 9.63. The van der Waals surface area contributed by atoms with E-state index in [0.29, 0.717) is 21.8 Å². The minimum atomic E-state index is -4.43. The van der Waals surface area contributed by atoms with Crippen molar-refractivity contribution in [1.82, 2.24) is 4.98 Å². The van der Waals surface area contributed by atoms with Gasteiger partial charge in [-0.3, -0.25) is 14.9 Å². The zero-order chi connectivity index (χ0) is 23.6. The van der Waals surface area contributed by atoms with Crippen molar-refractivity contribution < 1.29 is 22.5 Å². The zero-order valence-electron chi connectivity index (χ0n) is 16.6. The Kier molecular flexibility index (Phi) is 5.99. The van der Waals surface area contributed by atoms with Crippen LogP contribution < -0.4 is 5.32 Å². The molecule has 0 aliphatic rings. The topological polar surface area (TPSA) is 119 Å². The Hall–Kier alpha value is -3.96. The van der Waals surface area contributed by atoms with Gasteiger partial charge in [0.1, 0.15) is 5.82 Å². The Labute approximate surface area is 191 Å². The number of hydrogen-bond donors (Lipinski definition) is 1. The zero-order valence-corrected chi connectivity index (χ0v) is 18.3. The van der Waals surface area contributed by atoms with Crippen LogP contribution in [0.3, 0.4) is 0 Å². The van der Waals surface area contributed by atoms with Crippen molar-refractivity contribution in [3.63, 3.8) is 0 Å². The molecule has 0 saturated heterocycles. The number of nitrogens with zero attached hydrogens (tertiary/aromatic N) is 2. The lowest BCUT2D eigenvalue weighted by atomic mass is 10.1. The molecule has 1 N–H and O–H groups in total. The number of aromatic nitrogens is 1. The summed E-state index contributed by atoms with van der Waals surface area (Å²) in [6.07, 6.45) is 1.40. The molecule has 11 heteroatoms. The molecule has 3 aromatic carbocycles. The number of nitro groups is 1. The summed E-state index contributed by atoms with van der Waals surface area (Å²) in [6, 6.07) is 17.0. The van der Waals surface area contributed by atoms with Crippen LogP contribution in [0.4, 0.5) is 21.5 Å². The molecule has 0 spiro atoms. The van der Waals surface area contributed by atoms with Crippen LogP contribution in [0.5, 0.6) is 0 Å². The molecule has 8 nitrogen and oxygen atoms in total. The molecule has 0 amide bonds. The van der Waals surface area contributed by atoms with E-state index in [1.54, 1.807) is 36.4 Å². The third kappa shape index (κ3) is 4.64. The molecule has 0 atom stereocenters. The largest absolute Gasteiger partial charge is 0.355 e. The second-order valence-electron chi connectivity index (χ2n) is 6.75. The van der Waals surface area contributed by atoms with Gasteiger partial charge in [-0.15, -0.1) is 11.3 Å². The van der Waals surface area contributed by atoms with Crippen LogP contribution in [0.1, 0.15) is 9.80 Å². The van der Waals surface area contributed by atoms with Crippen molar-refractivity contribution >= 4 is 43.4 Å². The summed E-state index contributed by atoms with van der Waals surface area (Å²) >= 11 is 0.903. The predicted molar refractivity (Wildman–Crippen MR) is 122 cm³/mol. The Balaban J connectivity index is 1.62. The Morgan fingerprint density at radius 1 is 1.00 bits per heavy atom. The minimum Gasteiger partial charge on any atom is -0.355 e. The second kappa shape index (κ2) is 8.88. The van der Waals surface area contributed by atoms with Crippen LogP contribution in [-0.2, 0) is 9.84 Å². The molecular formula is C22H14FN3O5S2. The number of thiazole rings is 1. The highest BCUT2D eigenvalue weighted by Gasteiger charge is 2.30. The quantitative estimate of drug-likeness (QED) is 0.295. The fourth-order valence-electron chi connectivity index (χ4n) is 2.96. The normalized spacial score (nSPS) is 11.2. The van der Waals surface area contributed by atoms with E-state index in [0.717, 1.165) is 35.6 Å². The van der Waals surface area contributed by atoms with Crippen LogP contribution in [-0.4, -0.2) is 23.4 Å². The van der Waals surface area contributed by atoms with Crippen LogP contribution in [0.15, 0.2) is 83.9 Å². The van der Waals surface area contributed by atoms with Gasteiger partial charge in [0.2, 0.25) is 9.84 Å². The Morgan fingerprint density at radius 2 is 1.67 bits per heavy atom. The Bertz CT molecular complexity index is 1450. The van der Waals surface area contributed by atoms with Crippen LogP contribution in [0.25, 0.3) is 10.4 Å². The van der Waals surface area contributed by atoms with Gasteiger partial charge < -0.3 is 5.32 Å². The van der Waals surface area contributed by atoms with Gasteiger partial charge in [0.15, 0.2) is 5.01 Å². The molecule has 0 unspecified atom stereocenters. The summed E-state index contributed by atoms with van der Waals surface area (Å²) in [6.45, 7) is 0. The van der Waals surface area contributed by atoms with Crippen LogP contribution in [0.2, 0.25) is 0 Å². The molecule has 0 aliphatic carbocycles. The number of halogens is 1. The first-order chi connectivity index (χ1) is 15.8. The van der Waals surface area contributed by atoms with E-state index in [1.165, 1.54) is 18.3 Å². The number of rotatable bonds is 6. The van der Waals surface area contributed by atoms with Gasteiger partial charge in [-0.1, -0.05) is 18.2 Å². The third-order valence-electron chi connectivity index (χ3n) is 4.60. The number of hydrogen-bond acceptors (Lipinski definition) is 8. The van der Waals surface area contributed by atoms with E-state index in [1.807, 2.05) is 0 Å². The molecule has 0 aliphatic heterocycles. The fraction of sp³-hybridized carbons (Fsp3) is 0. The molecule has 166 valence electrons. The van der Waals surface area contributed by atoms with Gasteiger partial charge in [0.25, 0.3) is 5.69 Å². The van der Waals surface area contributed by atoms with Gasteiger partial charge in [0, 0.05) is 35.3 Å². The van der Waals surface area contributed by atoms with Gasteiger partial charge in [0.05, 0.1) is 14.7 Å². The van der Waals surface area contributed by atoms with E-state index in [2.05, 4.69) is 10.3 Å². The molecule has 1 aromatic heterocycles. The smallest absolute Gasteiger partial charge is 0.309 e. The van der Waals surface area contributed by atoms with E-state index >= 15 is 0 Å². The summed E-state index contributed by atoms with van der Waals surface area (Å²) < 4.78 is 38.6. The number of carbonyl (C=O) groups is 1. The number of para-hydroxylation sites is 1. The van der Waals surface area contributed by atoms with E-state index in [-0.39, 0.29) is 21.4 Å². The maximum atomic E-state index is 13.2. The highest BCUT2D eigenvalue weighted by Crippen LogP contribution is 2.35. The maximum Gasteiger partial charge on any atom is 0.309 e. The van der Waals surface area contributed by atoms with Crippen molar-refractivity contribution in [1.29, 1.82) is 0 Å². The molecule has 0 bridgehead atoms. The lowest BCUT2D eigenvalue weighted by Crippen LogP contribution is -2.15. The molecule has 0 radical (unpaired) electrons. The number of sulfone groups is 1. The van der Waals surface area contributed by atoms with Crippen molar-refractivity contribution in [2.75, 3.05) is 5.32 Å². The first kappa shape index (κ1) is 22.2. The van der Waals surface area contributed by atoms with Crippen LogP contribution >= 0.6 is 11.3 Å². The van der Waals surface area contributed by atoms with Crippen LogP contribution in [0, 0.1) is 15.9 Å². The standard InChI is InChI=1S/C22H14FN3O5S2/c23-14-5-7-15(8-6-14)25-19-4-2-1-3-18(19)20-13-24-21(32-20)22(27)33(30,31)17-11-9-16(10-12-17)26(28)29/h1-13,25H. The number of anilines is 2. The molecule has 0 fully saturated rings. The highest BCUT2D eigenvalue weighted by molar-refractivity contribution is 8.07. The van der Waals surface area contributed by atoms with Gasteiger partial charge >= 0.3 is 5.12 Å². The molecule has 0 saturated carbocycles. The lowest BCUT2D eigenvalue weighted by Gasteiger charge is -2.10. The molecule has 33 heavy (non-hydrogen) atoms. The average Bonchev–Trinajstić information content (AvgIpc) is 3.30. The third-order valence-corrected chi connectivity index (χ3v) is 7.33. The molecule has 4 aromatic rings. The minimum absolute atomic E-state index is 0.236. The van der Waals surface area contributed by atoms with E-state index in [9.17, 15) is 27.7 Å². The summed E-state index contributed by atoms with van der Waals surface area (Å²) in [5.41, 5.74) is 1.68. The summed E-state index contributed by atoms with van der Waals surface area (Å²) in [4.78, 5) is 27.0. The van der Waals surface area contributed by atoms with Gasteiger partial charge in [-0.05, 0) is 42.5 Å². The number of non-ortho nitro benzene ring substituents is 1.